The molecule has 0 amide bonds. The maximum absolute atomic E-state index is 13.6. The summed E-state index contributed by atoms with van der Waals surface area (Å²) >= 11 is 5.91. The van der Waals surface area contributed by atoms with E-state index in [0.29, 0.717) is 31.3 Å². The van der Waals surface area contributed by atoms with Gasteiger partial charge >= 0.3 is 0 Å². The van der Waals surface area contributed by atoms with Crippen LogP contribution in [-0.2, 0) is 9.47 Å². The number of ether oxygens (including phenoxy) is 2. The zero-order chi connectivity index (χ0) is 13.2. The normalized spacial score (nSPS) is 12.6. The monoisotopic (exact) mass is 274 g/mol. The van der Waals surface area contributed by atoms with Crippen LogP contribution in [0.25, 0.3) is 0 Å². The van der Waals surface area contributed by atoms with Gasteiger partial charge in [0.2, 0.25) is 0 Å². The van der Waals surface area contributed by atoms with Crippen LogP contribution in [0.4, 0.5) is 4.39 Å². The molecule has 0 N–H and O–H groups in total. The Morgan fingerprint density at radius 2 is 2.00 bits per heavy atom. The van der Waals surface area contributed by atoms with E-state index in [1.54, 1.807) is 19.2 Å². The summed E-state index contributed by atoms with van der Waals surface area (Å²) in [6.45, 7) is 1.86. The number of hydrogen-bond donors (Lipinski definition) is 0. The molecular formula is C14H20ClFO2. The van der Waals surface area contributed by atoms with Crippen LogP contribution in [0.1, 0.15) is 24.3 Å². The summed E-state index contributed by atoms with van der Waals surface area (Å²) in [4.78, 5) is 0. The fourth-order valence-corrected chi connectivity index (χ4v) is 2.12. The topological polar surface area (TPSA) is 18.5 Å². The first-order valence-electron chi connectivity index (χ1n) is 6.16. The number of methoxy groups -OCH3 is 1. The largest absolute Gasteiger partial charge is 0.382 e. The van der Waals surface area contributed by atoms with Gasteiger partial charge in [-0.2, -0.15) is 0 Å². The van der Waals surface area contributed by atoms with Gasteiger partial charge in [0.15, 0.2) is 0 Å². The molecule has 1 aromatic rings. The van der Waals surface area contributed by atoms with Crippen molar-refractivity contribution in [3.05, 3.63) is 35.6 Å². The molecule has 0 aliphatic carbocycles. The van der Waals surface area contributed by atoms with E-state index in [2.05, 4.69) is 0 Å². The Bertz CT molecular complexity index is 333. The van der Waals surface area contributed by atoms with E-state index in [9.17, 15) is 4.39 Å². The molecule has 0 saturated carbocycles. The van der Waals surface area contributed by atoms with Gasteiger partial charge in [-0.25, -0.2) is 4.39 Å². The molecule has 1 unspecified atom stereocenters. The molecule has 0 aliphatic heterocycles. The summed E-state index contributed by atoms with van der Waals surface area (Å²) in [7, 11) is 1.64. The zero-order valence-corrected chi connectivity index (χ0v) is 11.5. The van der Waals surface area contributed by atoms with Crippen molar-refractivity contribution in [2.75, 3.05) is 32.8 Å². The highest BCUT2D eigenvalue weighted by Gasteiger charge is 2.13. The molecular weight excluding hydrogens is 255 g/mol. The van der Waals surface area contributed by atoms with Crippen LogP contribution in [0, 0.1) is 5.82 Å². The predicted molar refractivity (Wildman–Crippen MR) is 71.8 cm³/mol. The summed E-state index contributed by atoms with van der Waals surface area (Å²) in [5, 5.41) is 0. The minimum atomic E-state index is -0.177. The summed E-state index contributed by atoms with van der Waals surface area (Å²) < 4.78 is 23.8. The highest BCUT2D eigenvalue weighted by atomic mass is 35.5. The average molecular weight is 275 g/mol. The van der Waals surface area contributed by atoms with Gasteiger partial charge in [0.1, 0.15) is 5.82 Å². The van der Waals surface area contributed by atoms with E-state index in [-0.39, 0.29) is 11.7 Å². The molecule has 18 heavy (non-hydrogen) atoms. The van der Waals surface area contributed by atoms with E-state index in [1.807, 2.05) is 6.07 Å². The summed E-state index contributed by atoms with van der Waals surface area (Å²) in [5.74, 6) is 0.307. The Balaban J connectivity index is 2.32. The lowest BCUT2D eigenvalue weighted by Crippen LogP contribution is -2.07. The van der Waals surface area contributed by atoms with Crippen molar-refractivity contribution in [1.29, 1.82) is 0 Å². The molecule has 4 heteroatoms. The van der Waals surface area contributed by atoms with Crippen LogP contribution >= 0.6 is 11.6 Å². The van der Waals surface area contributed by atoms with Gasteiger partial charge in [0, 0.05) is 25.5 Å². The highest BCUT2D eigenvalue weighted by Crippen LogP contribution is 2.25. The number of halogens is 2. The van der Waals surface area contributed by atoms with Crippen molar-refractivity contribution in [3.8, 4) is 0 Å². The molecule has 2 nitrogen and oxygen atoms in total. The van der Waals surface area contributed by atoms with Crippen LogP contribution in [-0.4, -0.2) is 32.8 Å². The van der Waals surface area contributed by atoms with E-state index >= 15 is 0 Å². The Labute approximate surface area is 113 Å². The maximum atomic E-state index is 13.6. The first-order chi connectivity index (χ1) is 8.79. The maximum Gasteiger partial charge on any atom is 0.126 e. The molecule has 102 valence electrons. The third kappa shape index (κ3) is 5.34. The van der Waals surface area contributed by atoms with Gasteiger partial charge in [-0.1, -0.05) is 18.2 Å². The van der Waals surface area contributed by atoms with Crippen molar-refractivity contribution >= 4 is 11.6 Å². The minimum absolute atomic E-state index is 0.0545. The average Bonchev–Trinajstić information content (AvgIpc) is 2.39. The second-order valence-corrected chi connectivity index (χ2v) is 4.43. The van der Waals surface area contributed by atoms with Crippen molar-refractivity contribution in [1.82, 2.24) is 0 Å². The van der Waals surface area contributed by atoms with Crippen molar-refractivity contribution in [2.24, 2.45) is 0 Å². The lowest BCUT2D eigenvalue weighted by Gasteiger charge is -2.15. The summed E-state index contributed by atoms with van der Waals surface area (Å²) in [5.41, 5.74) is 0.699. The third-order valence-corrected chi connectivity index (χ3v) is 3.18. The van der Waals surface area contributed by atoms with Gasteiger partial charge in [-0.05, 0) is 24.5 Å². The Morgan fingerprint density at radius 3 is 2.67 bits per heavy atom. The van der Waals surface area contributed by atoms with Crippen LogP contribution in [0.5, 0.6) is 0 Å². The second kappa shape index (κ2) is 9.31. The van der Waals surface area contributed by atoms with Crippen LogP contribution in [0.3, 0.4) is 0 Å². The highest BCUT2D eigenvalue weighted by molar-refractivity contribution is 6.18. The molecule has 0 fully saturated rings. The zero-order valence-electron chi connectivity index (χ0n) is 10.7. The summed E-state index contributed by atoms with van der Waals surface area (Å²) in [6, 6.07) is 6.81. The number of benzene rings is 1. The molecule has 0 heterocycles. The van der Waals surface area contributed by atoms with Gasteiger partial charge in [-0.15, -0.1) is 11.6 Å². The van der Waals surface area contributed by atoms with Crippen LogP contribution in [0.15, 0.2) is 24.3 Å². The number of alkyl halides is 1. The standard InChI is InChI=1S/C14H20ClFO2/c1-17-9-10-18-8-4-5-12(11-15)13-6-2-3-7-14(13)16/h2-3,6-7,12H,4-5,8-11H2,1H3. The number of hydrogen-bond acceptors (Lipinski definition) is 2. The van der Waals surface area contributed by atoms with E-state index in [0.717, 1.165) is 12.8 Å². The van der Waals surface area contributed by atoms with Crippen molar-refractivity contribution in [3.63, 3.8) is 0 Å². The quantitative estimate of drug-likeness (QED) is 0.506. The van der Waals surface area contributed by atoms with E-state index in [4.69, 9.17) is 21.1 Å². The van der Waals surface area contributed by atoms with Gasteiger partial charge in [0.05, 0.1) is 13.2 Å². The van der Waals surface area contributed by atoms with Crippen molar-refractivity contribution < 1.29 is 13.9 Å². The Kier molecular flexibility index (Phi) is 7.98. The first kappa shape index (κ1) is 15.4. The lowest BCUT2D eigenvalue weighted by molar-refractivity contribution is 0.0683. The lowest BCUT2D eigenvalue weighted by atomic mass is 9.96. The fourth-order valence-electron chi connectivity index (χ4n) is 1.80. The fraction of sp³-hybridized carbons (Fsp3) is 0.571. The molecule has 1 atom stereocenters. The molecule has 1 aromatic carbocycles. The second-order valence-electron chi connectivity index (χ2n) is 4.12. The van der Waals surface area contributed by atoms with Gasteiger partial charge in [-0.3, -0.25) is 0 Å². The molecule has 0 aromatic heterocycles. The van der Waals surface area contributed by atoms with Crippen molar-refractivity contribution in [2.45, 2.75) is 18.8 Å². The predicted octanol–water partition coefficient (Wildman–Crippen LogP) is 3.59. The molecule has 0 saturated heterocycles. The third-order valence-electron chi connectivity index (χ3n) is 2.80. The van der Waals surface area contributed by atoms with Gasteiger partial charge < -0.3 is 9.47 Å². The minimum Gasteiger partial charge on any atom is -0.382 e. The molecule has 0 spiro atoms. The molecule has 1 rings (SSSR count). The first-order valence-corrected chi connectivity index (χ1v) is 6.70. The van der Waals surface area contributed by atoms with Crippen LogP contribution < -0.4 is 0 Å². The Hall–Kier alpha value is -0.640. The molecule has 0 bridgehead atoms. The van der Waals surface area contributed by atoms with E-state index < -0.39 is 0 Å². The van der Waals surface area contributed by atoms with Crippen LogP contribution in [0.2, 0.25) is 0 Å². The summed E-state index contributed by atoms with van der Waals surface area (Å²) in [6.07, 6.45) is 1.70. The molecule has 0 aliphatic rings. The number of rotatable bonds is 9. The molecule has 0 radical (unpaired) electrons. The van der Waals surface area contributed by atoms with Gasteiger partial charge in [0.25, 0.3) is 0 Å². The smallest absolute Gasteiger partial charge is 0.126 e. The van der Waals surface area contributed by atoms with E-state index in [1.165, 1.54) is 6.07 Å². The Morgan fingerprint density at radius 1 is 1.22 bits per heavy atom. The SMILES string of the molecule is COCCOCCCC(CCl)c1ccccc1F.